The number of nitrogens with one attached hydrogen (secondary N) is 2. The van der Waals surface area contributed by atoms with Crippen LogP contribution in [0.5, 0.6) is 0 Å². The Hall–Kier alpha value is -1.89. The van der Waals surface area contributed by atoms with Crippen LogP contribution >= 0.6 is 0 Å². The van der Waals surface area contributed by atoms with Crippen molar-refractivity contribution in [1.82, 2.24) is 9.97 Å². The summed E-state index contributed by atoms with van der Waals surface area (Å²) in [6.45, 7) is 3.43. The normalized spacial score (nSPS) is 20.7. The first-order valence-electron chi connectivity index (χ1n) is 4.92. The highest BCUT2D eigenvalue weighted by Gasteiger charge is 2.24. The topological polar surface area (TPSA) is 116 Å². The molecule has 0 saturated heterocycles. The van der Waals surface area contributed by atoms with Gasteiger partial charge in [-0.15, -0.1) is 0 Å². The number of rotatable bonds is 1. The Kier molecular flexibility index (Phi) is 2.39. The summed E-state index contributed by atoms with van der Waals surface area (Å²) < 4.78 is 0. The first-order valence-corrected chi connectivity index (χ1v) is 4.92. The average Bonchev–Trinajstić information content (AvgIpc) is 2.15. The van der Waals surface area contributed by atoms with Crippen LogP contribution < -0.4 is 16.6 Å². The first kappa shape index (κ1) is 10.6. The van der Waals surface area contributed by atoms with Crippen molar-refractivity contribution in [2.45, 2.75) is 26.0 Å². The fraction of sp³-hybridized carbons (Fsp3) is 0.444. The highest BCUT2D eigenvalue weighted by molar-refractivity contribution is 5.99. The van der Waals surface area contributed by atoms with E-state index >= 15 is 0 Å². The molecule has 5 N–H and O–H groups in total. The van der Waals surface area contributed by atoms with Crippen LogP contribution in [0.4, 0.5) is 17.5 Å². The summed E-state index contributed by atoms with van der Waals surface area (Å²) in [5, 5.41) is 12.5. The van der Waals surface area contributed by atoms with Gasteiger partial charge in [0.05, 0.1) is 17.9 Å². The van der Waals surface area contributed by atoms with Crippen LogP contribution in [0, 0.1) is 0 Å². The summed E-state index contributed by atoms with van der Waals surface area (Å²) in [6, 6.07) is -0.179. The summed E-state index contributed by atoms with van der Waals surface area (Å²) in [7, 11) is 0. The Bertz CT molecular complexity index is 505. The summed E-state index contributed by atoms with van der Waals surface area (Å²) in [4.78, 5) is 22.0. The van der Waals surface area contributed by atoms with Crippen LogP contribution in [0.1, 0.15) is 13.8 Å². The molecule has 7 nitrogen and oxygen atoms in total. The maximum absolute atomic E-state index is 11.6. The number of hydrogen-bond donors (Lipinski definition) is 4. The number of nitrogens with two attached hydrogens (primary N) is 1. The van der Waals surface area contributed by atoms with Gasteiger partial charge in [-0.25, -0.2) is 4.99 Å². The Morgan fingerprint density at radius 1 is 1.56 bits per heavy atom. The lowest BCUT2D eigenvalue weighted by atomic mass is 10.1. The molecule has 1 aliphatic heterocycles. The monoisotopic (exact) mass is 223 g/mol. The van der Waals surface area contributed by atoms with Gasteiger partial charge in [-0.2, -0.15) is 4.98 Å². The van der Waals surface area contributed by atoms with Crippen molar-refractivity contribution in [2.75, 3.05) is 11.1 Å². The molecule has 0 radical (unpaired) electrons. The van der Waals surface area contributed by atoms with E-state index < -0.39 is 11.7 Å². The van der Waals surface area contributed by atoms with Crippen LogP contribution in [0.2, 0.25) is 0 Å². The maximum Gasteiger partial charge on any atom is 0.280 e. The molecular weight excluding hydrogens is 210 g/mol. The minimum absolute atomic E-state index is 0.0409. The second kappa shape index (κ2) is 3.60. The third kappa shape index (κ3) is 1.65. The molecule has 0 aromatic carbocycles. The van der Waals surface area contributed by atoms with Crippen LogP contribution in [0.15, 0.2) is 9.79 Å². The predicted octanol–water partition coefficient (Wildman–Crippen LogP) is -0.381. The van der Waals surface area contributed by atoms with Gasteiger partial charge in [-0.3, -0.25) is 9.78 Å². The first-order chi connectivity index (χ1) is 7.49. The Morgan fingerprint density at radius 2 is 2.25 bits per heavy atom. The molecule has 0 unspecified atom stereocenters. The van der Waals surface area contributed by atoms with E-state index in [-0.39, 0.29) is 17.7 Å². The number of aromatic amines is 1. The molecule has 1 aliphatic rings. The molecule has 0 fully saturated rings. The van der Waals surface area contributed by atoms with Crippen LogP contribution in [-0.4, -0.2) is 32.9 Å². The fourth-order valence-electron chi connectivity index (χ4n) is 1.65. The van der Waals surface area contributed by atoms with E-state index in [2.05, 4.69) is 20.3 Å². The van der Waals surface area contributed by atoms with E-state index in [0.717, 1.165) is 0 Å². The van der Waals surface area contributed by atoms with Crippen LogP contribution in [-0.2, 0) is 0 Å². The van der Waals surface area contributed by atoms with E-state index in [9.17, 15) is 9.90 Å². The number of H-pyrrole nitrogens is 1. The van der Waals surface area contributed by atoms with Crippen LogP contribution in [0.3, 0.4) is 0 Å². The third-order valence-electron chi connectivity index (χ3n) is 2.38. The Balaban J connectivity index is 2.59. The van der Waals surface area contributed by atoms with Gasteiger partial charge in [-0.1, -0.05) is 0 Å². The van der Waals surface area contributed by atoms with E-state index in [1.807, 2.05) is 6.92 Å². The van der Waals surface area contributed by atoms with Gasteiger partial charge in [0.2, 0.25) is 5.95 Å². The van der Waals surface area contributed by atoms with Gasteiger partial charge in [0.1, 0.15) is 0 Å². The molecule has 2 rings (SSSR count). The van der Waals surface area contributed by atoms with Crippen molar-refractivity contribution in [3.8, 4) is 0 Å². The average molecular weight is 223 g/mol. The number of anilines is 2. The summed E-state index contributed by atoms with van der Waals surface area (Å²) >= 11 is 0. The molecule has 16 heavy (non-hydrogen) atoms. The van der Waals surface area contributed by atoms with Gasteiger partial charge >= 0.3 is 0 Å². The maximum atomic E-state index is 11.6. The molecule has 0 bridgehead atoms. The highest BCUT2D eigenvalue weighted by atomic mass is 16.3. The largest absolute Gasteiger partial charge is 0.387 e. The number of aromatic nitrogens is 2. The lowest BCUT2D eigenvalue weighted by molar-refractivity contribution is 0.259. The lowest BCUT2D eigenvalue weighted by Gasteiger charge is -2.24. The Morgan fingerprint density at radius 3 is 2.88 bits per heavy atom. The lowest BCUT2D eigenvalue weighted by Crippen LogP contribution is -2.37. The van der Waals surface area contributed by atoms with Gasteiger partial charge in [0.25, 0.3) is 5.56 Å². The minimum atomic E-state index is -0.715. The van der Waals surface area contributed by atoms with Crippen molar-refractivity contribution in [1.29, 1.82) is 0 Å². The van der Waals surface area contributed by atoms with Gasteiger partial charge in [0.15, 0.2) is 11.5 Å². The summed E-state index contributed by atoms with van der Waals surface area (Å²) in [6.07, 6.45) is -0.715. The molecular formula is C9H13N5O2. The van der Waals surface area contributed by atoms with Crippen molar-refractivity contribution >= 4 is 23.2 Å². The molecule has 0 amide bonds. The number of nitrogen functional groups attached to an aromatic ring is 1. The number of nitrogens with zero attached hydrogens (tertiary/aromatic N) is 2. The van der Waals surface area contributed by atoms with E-state index in [1.165, 1.54) is 0 Å². The number of aliphatic hydroxyl groups excluding tert-OH is 1. The molecule has 2 heterocycles. The highest BCUT2D eigenvalue weighted by Crippen LogP contribution is 2.24. The van der Waals surface area contributed by atoms with Crippen molar-refractivity contribution in [2.24, 2.45) is 4.99 Å². The number of hydrogen-bond acceptors (Lipinski definition) is 6. The fourth-order valence-corrected chi connectivity index (χ4v) is 1.65. The zero-order valence-corrected chi connectivity index (χ0v) is 8.98. The van der Waals surface area contributed by atoms with Gasteiger partial charge in [-0.05, 0) is 13.8 Å². The molecule has 0 spiro atoms. The summed E-state index contributed by atoms with van der Waals surface area (Å²) in [5.74, 6) is 0.386. The molecule has 1 aromatic heterocycles. The molecule has 1 aromatic rings. The van der Waals surface area contributed by atoms with E-state index in [0.29, 0.717) is 11.5 Å². The molecule has 0 saturated carbocycles. The SMILES string of the molecule is C[C@@H]1Nc2nc(N)[nH]c(=O)c2N=C1[C@@H](C)O. The standard InChI is InChI=1S/C9H13N5O2/c1-3-5(4(2)15)12-6-7(11-3)13-9(10)14-8(6)16/h3-4,15H,1-2H3,(H4,10,11,13,14,16)/t3-,4+/m0/s1. The number of aliphatic hydroxyl groups is 1. The van der Waals surface area contributed by atoms with Crippen molar-refractivity contribution in [3.05, 3.63) is 10.4 Å². The second-order valence-corrected chi connectivity index (χ2v) is 3.73. The Labute approximate surface area is 91.4 Å². The second-order valence-electron chi connectivity index (χ2n) is 3.73. The predicted molar refractivity (Wildman–Crippen MR) is 61.1 cm³/mol. The molecule has 2 atom stereocenters. The zero-order valence-electron chi connectivity index (χ0n) is 8.98. The smallest absolute Gasteiger partial charge is 0.280 e. The van der Waals surface area contributed by atoms with E-state index in [4.69, 9.17) is 5.73 Å². The van der Waals surface area contributed by atoms with Crippen molar-refractivity contribution in [3.63, 3.8) is 0 Å². The zero-order chi connectivity index (χ0) is 11.9. The van der Waals surface area contributed by atoms with Gasteiger partial charge < -0.3 is 16.2 Å². The quantitative estimate of drug-likeness (QED) is 0.517. The van der Waals surface area contributed by atoms with Crippen molar-refractivity contribution < 1.29 is 5.11 Å². The number of aliphatic imine (C=N–C) groups is 1. The van der Waals surface area contributed by atoms with E-state index in [1.54, 1.807) is 6.92 Å². The van der Waals surface area contributed by atoms with Crippen LogP contribution in [0.25, 0.3) is 0 Å². The molecule has 86 valence electrons. The molecule has 7 heteroatoms. The third-order valence-corrected chi connectivity index (χ3v) is 2.38. The molecule has 0 aliphatic carbocycles. The number of fused-ring (bicyclic) bond motifs is 1. The van der Waals surface area contributed by atoms with Gasteiger partial charge in [0, 0.05) is 0 Å². The summed E-state index contributed by atoms with van der Waals surface area (Å²) in [5.41, 5.74) is 5.66. The minimum Gasteiger partial charge on any atom is -0.387 e.